The first-order valence-electron chi connectivity index (χ1n) is 24.5. The van der Waals surface area contributed by atoms with Crippen molar-refractivity contribution < 1.29 is 5.11 Å². The van der Waals surface area contributed by atoms with E-state index in [2.05, 4.69) is 255 Å². The first-order chi connectivity index (χ1) is 31.2. The van der Waals surface area contributed by atoms with Gasteiger partial charge in [-0.25, -0.2) is 0 Å². The van der Waals surface area contributed by atoms with Gasteiger partial charge in [0.05, 0.1) is 0 Å². The zero-order valence-electron chi connectivity index (χ0n) is 44.1. The number of hydrogen-bond donors (Lipinski definition) is 2. The van der Waals surface area contributed by atoms with Crippen LogP contribution in [0.4, 0.5) is 0 Å². The molecule has 0 amide bonds. The molecule has 8 rings (SSSR count). The molecule has 7 aromatic carbocycles. The van der Waals surface area contributed by atoms with E-state index in [0.29, 0.717) is 32.8 Å². The summed E-state index contributed by atoms with van der Waals surface area (Å²) in [5.74, 6) is 0.340. The van der Waals surface area contributed by atoms with E-state index in [1.165, 1.54) is 60.3 Å². The van der Waals surface area contributed by atoms with E-state index in [0.717, 1.165) is 32.1 Å². The summed E-state index contributed by atoms with van der Waals surface area (Å²) in [6, 6.07) is 57.0. The molecule has 2 nitrogen and oxygen atoms in total. The lowest BCUT2D eigenvalue weighted by Crippen LogP contribution is -2.09. The highest BCUT2D eigenvalue weighted by molar-refractivity contribution is 5.86. The van der Waals surface area contributed by atoms with Gasteiger partial charge in [0, 0.05) is 17.1 Å². The Morgan fingerprint density at radius 3 is 1.31 bits per heavy atom. The van der Waals surface area contributed by atoms with Crippen molar-refractivity contribution in [3.63, 3.8) is 0 Å². The lowest BCUT2D eigenvalue weighted by molar-refractivity contribution is 0.410. The predicted octanol–water partition coefficient (Wildman–Crippen LogP) is 18.9. The molecule has 67 heavy (non-hydrogen) atoms. The lowest BCUT2D eigenvalue weighted by Gasteiger charge is -2.19. The Morgan fingerprint density at radius 1 is 0.328 bits per heavy atom. The number of fused-ring (bicyclic) bond motifs is 3. The molecule has 0 saturated carbocycles. The average molecular weight is 896 g/mol. The Bertz CT molecular complexity index is 2650. The van der Waals surface area contributed by atoms with Crippen molar-refractivity contribution in [2.45, 2.75) is 136 Å². The Kier molecular flexibility index (Phi) is 19.3. The van der Waals surface area contributed by atoms with Gasteiger partial charge in [0.25, 0.3) is 0 Å². The van der Waals surface area contributed by atoms with Crippen LogP contribution in [0.25, 0.3) is 32.4 Å². The van der Waals surface area contributed by atoms with Crippen LogP contribution in [0.15, 0.2) is 170 Å². The summed E-state index contributed by atoms with van der Waals surface area (Å²) in [7, 11) is 0. The normalized spacial score (nSPS) is 11.9. The number of rotatable bonds is 5. The van der Waals surface area contributed by atoms with Crippen molar-refractivity contribution in [1.82, 2.24) is 4.98 Å². The topological polar surface area (TPSA) is 36.0 Å². The number of aromatic amines is 1. The molecule has 356 valence electrons. The van der Waals surface area contributed by atoms with Crippen molar-refractivity contribution in [3.05, 3.63) is 198 Å². The molecule has 0 spiro atoms. The third-order valence-electron chi connectivity index (χ3n) is 10.8. The summed E-state index contributed by atoms with van der Waals surface area (Å²) in [6.45, 7) is 33.9. The standard InChI is InChI=1S/2C15H18.C13H17N.C11H16O.C11H16/c1-15(2,3)11-13-9-6-8-12-7-4-5-10-14(12)13;1-15(2,3)11-12-8-9-13-6-4-5-7-14(13)10-12;1-13(2,3)8-10-9-14-12-7-5-4-6-11(10)12;1-11(2,3)8-9-4-6-10(12)7-5-9;1-11(2,3)9-10-7-5-4-6-8-10/h2*4-10H,11H2,1-3H3;4-7,9,14H,8H2,1-3H3;4-7,12H,8H2,1-3H3;4-8H,9H2,1-3H3. The number of aromatic hydroxyl groups is 1. The zero-order chi connectivity index (χ0) is 49.5. The smallest absolute Gasteiger partial charge is 0.115 e. The van der Waals surface area contributed by atoms with E-state index >= 15 is 0 Å². The molecular weight excluding hydrogens is 811 g/mol. The summed E-state index contributed by atoms with van der Waals surface area (Å²) in [5.41, 5.74) is 10.1. The fraction of sp³-hybridized carbons (Fsp3) is 0.385. The van der Waals surface area contributed by atoms with E-state index in [4.69, 9.17) is 5.11 Å². The third kappa shape index (κ3) is 21.3. The molecule has 0 aliphatic heterocycles. The van der Waals surface area contributed by atoms with E-state index in [9.17, 15) is 0 Å². The first kappa shape index (κ1) is 54.0. The van der Waals surface area contributed by atoms with Crippen LogP contribution >= 0.6 is 0 Å². The second kappa shape index (κ2) is 23.9. The van der Waals surface area contributed by atoms with Gasteiger partial charge in [-0.1, -0.05) is 249 Å². The molecule has 2 heteroatoms. The van der Waals surface area contributed by atoms with Gasteiger partial charge in [-0.05, 0) is 127 Å². The highest BCUT2D eigenvalue weighted by Crippen LogP contribution is 2.29. The number of aromatic nitrogens is 1. The number of phenols is 1. The third-order valence-corrected chi connectivity index (χ3v) is 10.8. The highest BCUT2D eigenvalue weighted by atomic mass is 16.3. The summed E-state index contributed by atoms with van der Waals surface area (Å²) in [4.78, 5) is 3.31. The maximum atomic E-state index is 9.05. The quantitative estimate of drug-likeness (QED) is 0.177. The van der Waals surface area contributed by atoms with E-state index in [1.54, 1.807) is 12.1 Å². The molecular formula is C65H85NO. The minimum atomic E-state index is 0.316. The first-order valence-corrected chi connectivity index (χ1v) is 24.5. The molecule has 0 fully saturated rings. The van der Waals surface area contributed by atoms with Crippen LogP contribution in [-0.4, -0.2) is 10.1 Å². The minimum Gasteiger partial charge on any atom is -0.508 e. The second-order valence-corrected chi connectivity index (χ2v) is 24.5. The molecule has 0 radical (unpaired) electrons. The lowest BCUT2D eigenvalue weighted by atomic mass is 9.86. The maximum absolute atomic E-state index is 9.05. The van der Waals surface area contributed by atoms with Crippen LogP contribution in [0.1, 0.15) is 132 Å². The van der Waals surface area contributed by atoms with Gasteiger partial charge in [0.2, 0.25) is 0 Å². The zero-order valence-corrected chi connectivity index (χ0v) is 44.1. The fourth-order valence-corrected chi connectivity index (χ4v) is 8.26. The molecule has 2 N–H and O–H groups in total. The number of phenolic OH excluding ortho intramolecular Hbond substituents is 1. The molecule has 0 aliphatic rings. The molecule has 0 unspecified atom stereocenters. The molecule has 0 atom stereocenters. The Balaban J connectivity index is 0.000000184. The van der Waals surface area contributed by atoms with Crippen LogP contribution in [0.3, 0.4) is 0 Å². The maximum Gasteiger partial charge on any atom is 0.115 e. The molecule has 0 bridgehead atoms. The van der Waals surface area contributed by atoms with E-state index in [-0.39, 0.29) is 0 Å². The number of hydrogen-bond acceptors (Lipinski definition) is 1. The molecule has 8 aromatic rings. The largest absolute Gasteiger partial charge is 0.508 e. The van der Waals surface area contributed by atoms with Gasteiger partial charge in [-0.15, -0.1) is 0 Å². The van der Waals surface area contributed by atoms with E-state index in [1.807, 2.05) is 12.1 Å². The van der Waals surface area contributed by atoms with Crippen LogP contribution in [0, 0.1) is 27.1 Å². The Morgan fingerprint density at radius 2 is 0.746 bits per heavy atom. The van der Waals surface area contributed by atoms with Crippen LogP contribution in [0.2, 0.25) is 0 Å². The van der Waals surface area contributed by atoms with Crippen molar-refractivity contribution in [1.29, 1.82) is 0 Å². The summed E-state index contributed by atoms with van der Waals surface area (Å²) < 4.78 is 0. The van der Waals surface area contributed by atoms with Crippen molar-refractivity contribution in [2.75, 3.05) is 0 Å². The molecule has 0 saturated heterocycles. The monoisotopic (exact) mass is 896 g/mol. The van der Waals surface area contributed by atoms with Crippen LogP contribution < -0.4 is 0 Å². The van der Waals surface area contributed by atoms with Gasteiger partial charge in [-0.3, -0.25) is 0 Å². The highest BCUT2D eigenvalue weighted by Gasteiger charge is 2.15. The molecule has 0 aliphatic carbocycles. The van der Waals surface area contributed by atoms with Gasteiger partial charge in [0.1, 0.15) is 5.75 Å². The van der Waals surface area contributed by atoms with Crippen molar-refractivity contribution in [3.8, 4) is 5.75 Å². The van der Waals surface area contributed by atoms with Gasteiger partial charge < -0.3 is 10.1 Å². The SMILES string of the molecule is CC(C)(C)Cc1c[nH]c2ccccc12.CC(C)(C)Cc1ccc(O)cc1.CC(C)(C)Cc1ccc2ccccc2c1.CC(C)(C)Cc1cccc2ccccc12.CC(C)(C)Cc1ccccc1. The average Bonchev–Trinajstić information content (AvgIpc) is 3.62. The number of para-hydroxylation sites is 1. The second-order valence-electron chi connectivity index (χ2n) is 24.5. The minimum absolute atomic E-state index is 0.316. The Labute approximate surface area is 407 Å². The van der Waals surface area contributed by atoms with Gasteiger partial charge in [0.15, 0.2) is 0 Å². The van der Waals surface area contributed by atoms with Gasteiger partial charge in [-0.2, -0.15) is 0 Å². The van der Waals surface area contributed by atoms with Crippen LogP contribution in [-0.2, 0) is 32.1 Å². The van der Waals surface area contributed by atoms with Crippen molar-refractivity contribution >= 4 is 32.4 Å². The summed E-state index contributed by atoms with van der Waals surface area (Å²) in [6.07, 6.45) is 7.74. The van der Waals surface area contributed by atoms with Gasteiger partial charge >= 0.3 is 0 Å². The van der Waals surface area contributed by atoms with Crippen molar-refractivity contribution in [2.24, 2.45) is 27.1 Å². The molecule has 1 aromatic heterocycles. The molecule has 1 heterocycles. The van der Waals surface area contributed by atoms with Crippen LogP contribution in [0.5, 0.6) is 5.75 Å². The number of H-pyrrole nitrogens is 1. The fourth-order valence-electron chi connectivity index (χ4n) is 8.26. The predicted molar refractivity (Wildman–Crippen MR) is 297 cm³/mol. The summed E-state index contributed by atoms with van der Waals surface area (Å²) in [5, 5.41) is 15.8. The summed E-state index contributed by atoms with van der Waals surface area (Å²) >= 11 is 0. The van der Waals surface area contributed by atoms with E-state index < -0.39 is 0 Å². The number of nitrogens with one attached hydrogen (secondary N) is 1. The number of benzene rings is 7. The Hall–Kier alpha value is -5.60.